The highest BCUT2D eigenvalue weighted by Crippen LogP contribution is 1.72. The number of rotatable bonds is 2. The van der Waals surface area contributed by atoms with Crippen LogP contribution in [-0.2, 0) is 20.1 Å². The molecule has 0 N–H and O–H groups in total. The standard InChI is InChI=1S/C10H9N3O3/c1-4-6-12-8(14)11(3)9(15)13(7-5-2)10(12)16/h1-2H,6-7H2,3H3. The molecule has 6 nitrogen and oxygen atoms in total. The van der Waals surface area contributed by atoms with Crippen molar-refractivity contribution in [2.75, 3.05) is 0 Å². The second-order valence-electron chi connectivity index (χ2n) is 2.99. The van der Waals surface area contributed by atoms with Crippen molar-refractivity contribution >= 4 is 0 Å². The van der Waals surface area contributed by atoms with Crippen molar-refractivity contribution in [2.45, 2.75) is 13.1 Å². The summed E-state index contributed by atoms with van der Waals surface area (Å²) in [6.45, 7) is -0.396. The van der Waals surface area contributed by atoms with Gasteiger partial charge in [0.25, 0.3) is 0 Å². The average molecular weight is 219 g/mol. The minimum absolute atomic E-state index is 0.198. The van der Waals surface area contributed by atoms with Gasteiger partial charge < -0.3 is 0 Å². The van der Waals surface area contributed by atoms with E-state index >= 15 is 0 Å². The Labute approximate surface area is 90.8 Å². The summed E-state index contributed by atoms with van der Waals surface area (Å²) in [5.41, 5.74) is -2.29. The van der Waals surface area contributed by atoms with E-state index in [2.05, 4.69) is 11.8 Å². The zero-order chi connectivity index (χ0) is 12.3. The minimum Gasteiger partial charge on any atom is -0.248 e. The van der Waals surface area contributed by atoms with Gasteiger partial charge in [-0.25, -0.2) is 28.1 Å². The van der Waals surface area contributed by atoms with Crippen LogP contribution >= 0.6 is 0 Å². The van der Waals surface area contributed by atoms with Crippen LogP contribution in [0.5, 0.6) is 0 Å². The molecule has 1 aromatic heterocycles. The lowest BCUT2D eigenvalue weighted by Crippen LogP contribution is -2.53. The van der Waals surface area contributed by atoms with E-state index in [1.165, 1.54) is 7.05 Å². The molecule has 0 radical (unpaired) electrons. The van der Waals surface area contributed by atoms with Crippen LogP contribution < -0.4 is 17.1 Å². The van der Waals surface area contributed by atoms with Crippen LogP contribution in [0.3, 0.4) is 0 Å². The molecule has 0 saturated heterocycles. The van der Waals surface area contributed by atoms with Crippen molar-refractivity contribution in [3.05, 3.63) is 31.5 Å². The highest BCUT2D eigenvalue weighted by atomic mass is 16.2. The summed E-state index contributed by atoms with van der Waals surface area (Å²) in [4.78, 5) is 34.7. The molecule has 1 aromatic rings. The number of hydrogen-bond donors (Lipinski definition) is 0. The van der Waals surface area contributed by atoms with Crippen LogP contribution in [0.1, 0.15) is 0 Å². The number of terminal acetylenes is 2. The van der Waals surface area contributed by atoms with Crippen LogP contribution in [0.2, 0.25) is 0 Å². The third-order valence-corrected chi connectivity index (χ3v) is 2.00. The second-order valence-corrected chi connectivity index (χ2v) is 2.99. The van der Waals surface area contributed by atoms with Crippen molar-refractivity contribution in [1.29, 1.82) is 0 Å². The Morgan fingerprint density at radius 2 is 1.31 bits per heavy atom. The van der Waals surface area contributed by atoms with Gasteiger partial charge in [0.15, 0.2) is 0 Å². The Balaban J connectivity index is 3.76. The zero-order valence-electron chi connectivity index (χ0n) is 8.64. The first-order valence-corrected chi connectivity index (χ1v) is 4.32. The van der Waals surface area contributed by atoms with Crippen LogP contribution in [0.4, 0.5) is 0 Å². The SMILES string of the molecule is C#CCn1c(=O)n(C)c(=O)n(CC#C)c1=O. The molecule has 0 aliphatic rings. The van der Waals surface area contributed by atoms with Gasteiger partial charge in [-0.3, -0.25) is 0 Å². The summed E-state index contributed by atoms with van der Waals surface area (Å²) in [5.74, 6) is 4.33. The molecule has 0 unspecified atom stereocenters. The summed E-state index contributed by atoms with van der Waals surface area (Å²) in [6.07, 6.45) is 10.0. The minimum atomic E-state index is -0.788. The van der Waals surface area contributed by atoms with E-state index in [9.17, 15) is 14.4 Å². The molecule has 0 saturated carbocycles. The Kier molecular flexibility index (Phi) is 3.17. The van der Waals surface area contributed by atoms with Crippen LogP contribution in [-0.4, -0.2) is 13.7 Å². The summed E-state index contributed by atoms with van der Waals surface area (Å²) in [7, 11) is 1.25. The van der Waals surface area contributed by atoms with Crippen molar-refractivity contribution in [2.24, 2.45) is 7.05 Å². The predicted octanol–water partition coefficient (Wildman–Crippen LogP) is -2.02. The molecule has 0 spiro atoms. The third-order valence-electron chi connectivity index (χ3n) is 2.00. The van der Waals surface area contributed by atoms with Gasteiger partial charge in [0.2, 0.25) is 0 Å². The third kappa shape index (κ3) is 1.69. The maximum atomic E-state index is 11.7. The average Bonchev–Trinajstić information content (AvgIpc) is 2.28. The van der Waals surface area contributed by atoms with Gasteiger partial charge in [0, 0.05) is 7.05 Å². The van der Waals surface area contributed by atoms with Gasteiger partial charge >= 0.3 is 17.1 Å². The molecule has 16 heavy (non-hydrogen) atoms. The zero-order valence-corrected chi connectivity index (χ0v) is 8.64. The monoisotopic (exact) mass is 219 g/mol. The first-order valence-electron chi connectivity index (χ1n) is 4.32. The molecule has 0 bridgehead atoms. The molecular formula is C10H9N3O3. The van der Waals surface area contributed by atoms with Crippen molar-refractivity contribution in [3.8, 4) is 24.7 Å². The molecule has 6 heteroatoms. The molecule has 0 atom stereocenters. The maximum Gasteiger partial charge on any atom is 0.338 e. The molecule has 0 aromatic carbocycles. The highest BCUT2D eigenvalue weighted by molar-refractivity contribution is 4.91. The fraction of sp³-hybridized carbons (Fsp3) is 0.300. The molecule has 0 amide bonds. The summed E-state index contributed by atoms with van der Waals surface area (Å²) in [6, 6.07) is 0. The fourth-order valence-corrected chi connectivity index (χ4v) is 1.21. The fourth-order valence-electron chi connectivity index (χ4n) is 1.21. The van der Waals surface area contributed by atoms with E-state index < -0.39 is 17.1 Å². The van der Waals surface area contributed by atoms with Crippen molar-refractivity contribution in [3.63, 3.8) is 0 Å². The smallest absolute Gasteiger partial charge is 0.248 e. The lowest BCUT2D eigenvalue weighted by molar-refractivity contribution is 0.523. The van der Waals surface area contributed by atoms with Crippen molar-refractivity contribution in [1.82, 2.24) is 13.7 Å². The quantitative estimate of drug-likeness (QED) is 0.539. The summed E-state index contributed by atoms with van der Waals surface area (Å²) >= 11 is 0. The molecule has 82 valence electrons. The Morgan fingerprint density at radius 3 is 1.62 bits per heavy atom. The summed E-state index contributed by atoms with van der Waals surface area (Å²) in [5, 5.41) is 0. The number of hydrogen-bond acceptors (Lipinski definition) is 3. The lowest BCUT2D eigenvalue weighted by Gasteiger charge is -2.07. The largest absolute Gasteiger partial charge is 0.338 e. The highest BCUT2D eigenvalue weighted by Gasteiger charge is 2.10. The Bertz CT molecular complexity index is 607. The van der Waals surface area contributed by atoms with E-state index in [0.29, 0.717) is 0 Å². The van der Waals surface area contributed by atoms with Gasteiger partial charge in [0.05, 0.1) is 13.1 Å². The molecule has 0 aliphatic carbocycles. The van der Waals surface area contributed by atoms with Gasteiger partial charge in [-0.15, -0.1) is 12.8 Å². The lowest BCUT2D eigenvalue weighted by atomic mass is 10.6. The van der Waals surface area contributed by atoms with E-state index in [-0.39, 0.29) is 13.1 Å². The van der Waals surface area contributed by atoms with E-state index in [1.807, 2.05) is 0 Å². The normalized spacial score (nSPS) is 9.44. The first-order chi connectivity index (χ1) is 7.54. The van der Waals surface area contributed by atoms with Crippen LogP contribution in [0, 0.1) is 24.7 Å². The van der Waals surface area contributed by atoms with Gasteiger partial charge in [-0.1, -0.05) is 11.8 Å². The van der Waals surface area contributed by atoms with E-state index in [1.54, 1.807) is 0 Å². The number of aromatic nitrogens is 3. The van der Waals surface area contributed by atoms with Gasteiger partial charge in [-0.2, -0.15) is 0 Å². The molecule has 1 heterocycles. The first kappa shape index (κ1) is 11.6. The molecule has 0 fully saturated rings. The van der Waals surface area contributed by atoms with Crippen LogP contribution in [0.15, 0.2) is 14.4 Å². The summed E-state index contributed by atoms with van der Waals surface area (Å²) < 4.78 is 2.34. The Morgan fingerprint density at radius 1 is 0.938 bits per heavy atom. The predicted molar refractivity (Wildman–Crippen MR) is 57.9 cm³/mol. The van der Waals surface area contributed by atoms with E-state index in [4.69, 9.17) is 12.8 Å². The maximum absolute atomic E-state index is 11.7. The topological polar surface area (TPSA) is 66.0 Å². The van der Waals surface area contributed by atoms with Crippen LogP contribution in [0.25, 0.3) is 0 Å². The second kappa shape index (κ2) is 4.37. The van der Waals surface area contributed by atoms with Gasteiger partial charge in [-0.05, 0) is 0 Å². The van der Waals surface area contributed by atoms with Gasteiger partial charge in [0.1, 0.15) is 0 Å². The molecule has 0 aliphatic heterocycles. The van der Waals surface area contributed by atoms with E-state index in [0.717, 1.165) is 13.7 Å². The number of nitrogens with zero attached hydrogens (tertiary/aromatic N) is 3. The molecule has 1 rings (SSSR count). The van der Waals surface area contributed by atoms with Crippen molar-refractivity contribution < 1.29 is 0 Å². The molecular weight excluding hydrogens is 210 g/mol. The Hall–Kier alpha value is -2.47.